The van der Waals surface area contributed by atoms with Gasteiger partial charge in [0.1, 0.15) is 0 Å². The Kier molecular flexibility index (Phi) is 1170. The van der Waals surface area contributed by atoms with Gasteiger partial charge in [-0.15, -0.1) is 0 Å². The zero-order valence-corrected chi connectivity index (χ0v) is 11.2. The topological polar surface area (TPSA) is 123 Å². The zero-order chi connectivity index (χ0) is 0. The van der Waals surface area contributed by atoms with Crippen LogP contribution in [-0.4, -0.2) is 21.9 Å². The van der Waals surface area contributed by atoms with Crippen LogP contribution < -0.4 is 59.1 Å². The van der Waals surface area contributed by atoms with Crippen molar-refractivity contribution in [3.63, 3.8) is 0 Å². The molecule has 0 radical (unpaired) electrons. The van der Waals surface area contributed by atoms with Gasteiger partial charge in [-0.25, -0.2) is 0 Å². The van der Waals surface area contributed by atoms with E-state index >= 15 is 0 Å². The Labute approximate surface area is 101 Å². The van der Waals surface area contributed by atoms with Crippen LogP contribution >= 0.6 is 0 Å². The fraction of sp³-hybridized carbons (Fsp3) is 0. The maximum atomic E-state index is 0. The van der Waals surface area contributed by atoms with E-state index in [1.165, 1.54) is 0 Å². The molecule has 4 nitrogen and oxygen atoms in total. The summed E-state index contributed by atoms with van der Waals surface area (Å²) in [5.41, 5.74) is 0. The van der Waals surface area contributed by atoms with Gasteiger partial charge in [-0.1, -0.05) is 0 Å². The fourth-order valence-electron chi connectivity index (χ4n) is 0. The first-order chi connectivity index (χ1) is 0. The molecule has 0 heterocycles. The van der Waals surface area contributed by atoms with Crippen LogP contribution in [0.4, 0.5) is 0 Å². The molecule has 0 amide bonds. The minimum Gasteiger partial charge on any atom is -0.870 e. The Balaban J connectivity index is 0. The smallest absolute Gasteiger partial charge is 0.870 e. The van der Waals surface area contributed by atoms with Gasteiger partial charge < -0.3 is 21.9 Å². The van der Waals surface area contributed by atoms with E-state index in [0.29, 0.717) is 0 Å². The molecule has 0 aliphatic heterocycles. The molecule has 0 saturated carbocycles. The normalized spacial score (nSPS) is 0. The van der Waals surface area contributed by atoms with Crippen LogP contribution in [0.25, 0.3) is 0 Å². The summed E-state index contributed by atoms with van der Waals surface area (Å²) in [4.78, 5) is 0. The van der Waals surface area contributed by atoms with Crippen molar-refractivity contribution < 1.29 is 102 Å². The fourth-order valence-corrected chi connectivity index (χ4v) is 0. The molecule has 0 aromatic carbocycles. The molecule has 0 saturated heterocycles. The van der Waals surface area contributed by atoms with Gasteiger partial charge in [0.05, 0.1) is 0 Å². The molecule has 0 bridgehead atoms. The van der Waals surface area contributed by atoms with Crippen molar-refractivity contribution in [1.29, 1.82) is 0 Å². The third-order valence-corrected chi connectivity index (χ3v) is 0. The van der Waals surface area contributed by atoms with E-state index in [4.69, 9.17) is 0 Å². The Morgan fingerprint density at radius 3 is 0.571 bits per heavy atom. The summed E-state index contributed by atoms with van der Waals surface area (Å²) >= 11 is 0. The molecule has 0 aromatic rings. The molecular weight excluding hydrogens is 294 g/mol. The molecular formula is H6Na2O4W. The van der Waals surface area contributed by atoms with Gasteiger partial charge >= 0.3 is 59.1 Å². The molecule has 38 valence electrons. The summed E-state index contributed by atoms with van der Waals surface area (Å²) < 4.78 is 0. The minimum absolute atomic E-state index is 0. The summed E-state index contributed by atoms with van der Waals surface area (Å²) in [7, 11) is 0. The largest absolute Gasteiger partial charge is 1.00 e. The monoisotopic (exact) mass is 300 g/mol. The van der Waals surface area contributed by atoms with E-state index in [0.717, 1.165) is 0 Å². The van der Waals surface area contributed by atoms with E-state index in [1.54, 1.807) is 0 Å². The van der Waals surface area contributed by atoms with Gasteiger partial charge in [-0.3, -0.25) is 0 Å². The van der Waals surface area contributed by atoms with Gasteiger partial charge in [0.15, 0.2) is 0 Å². The SMILES string of the molecule is O.O.[Na+].[Na+].[OH-].[OH-].[W]. The molecule has 7 heavy (non-hydrogen) atoms. The third-order valence-electron chi connectivity index (χ3n) is 0. The van der Waals surface area contributed by atoms with Crippen molar-refractivity contribution in [2.75, 3.05) is 0 Å². The predicted molar refractivity (Wildman–Crippen MR) is 11.1 cm³/mol. The van der Waals surface area contributed by atoms with Crippen LogP contribution in [-0.2, 0) is 21.1 Å². The first-order valence-electron chi connectivity index (χ1n) is 0. The van der Waals surface area contributed by atoms with E-state index in [-0.39, 0.29) is 102 Å². The van der Waals surface area contributed by atoms with Gasteiger partial charge in [0.2, 0.25) is 0 Å². The molecule has 0 rings (SSSR count). The van der Waals surface area contributed by atoms with Crippen molar-refractivity contribution in [2.24, 2.45) is 0 Å². The predicted octanol–water partition coefficient (Wildman–Crippen LogP) is -8.00. The van der Waals surface area contributed by atoms with Gasteiger partial charge in [-0.2, -0.15) is 0 Å². The van der Waals surface area contributed by atoms with Crippen molar-refractivity contribution in [1.82, 2.24) is 0 Å². The second kappa shape index (κ2) is 75.6. The number of hydrogen-bond donors (Lipinski definition) is 0. The molecule has 0 aromatic heterocycles. The summed E-state index contributed by atoms with van der Waals surface area (Å²) in [5, 5.41) is 0. The van der Waals surface area contributed by atoms with Crippen molar-refractivity contribution in [3.8, 4) is 0 Å². The summed E-state index contributed by atoms with van der Waals surface area (Å²) in [5.74, 6) is 0. The van der Waals surface area contributed by atoms with Crippen LogP contribution in [0.1, 0.15) is 0 Å². The van der Waals surface area contributed by atoms with E-state index in [2.05, 4.69) is 0 Å². The van der Waals surface area contributed by atoms with Gasteiger partial charge in [0, 0.05) is 21.1 Å². The van der Waals surface area contributed by atoms with Crippen LogP contribution in [0.3, 0.4) is 0 Å². The van der Waals surface area contributed by atoms with Crippen LogP contribution in [0, 0.1) is 0 Å². The molecule has 0 spiro atoms. The first-order valence-corrected chi connectivity index (χ1v) is 0. The number of hydrogen-bond acceptors (Lipinski definition) is 2. The molecule has 0 aliphatic rings. The summed E-state index contributed by atoms with van der Waals surface area (Å²) in [6, 6.07) is 0. The summed E-state index contributed by atoms with van der Waals surface area (Å²) in [6.07, 6.45) is 0. The van der Waals surface area contributed by atoms with Gasteiger partial charge in [-0.05, 0) is 0 Å². The van der Waals surface area contributed by atoms with Crippen molar-refractivity contribution >= 4 is 0 Å². The standard InChI is InChI=1S/2Na.4H2O.W/h;;4*1H2;/q2*+1;;;;;/p-2. The molecule has 0 unspecified atom stereocenters. The average Bonchev–Trinajstić information content (AvgIpc) is 0. The Bertz CT molecular complexity index is 9.65. The van der Waals surface area contributed by atoms with E-state index in [9.17, 15) is 0 Å². The Hall–Kier alpha value is 2.53. The Morgan fingerprint density at radius 2 is 0.571 bits per heavy atom. The second-order valence-electron chi connectivity index (χ2n) is 0. The molecule has 0 atom stereocenters. The molecule has 7 heteroatoms. The molecule has 0 fully saturated rings. The van der Waals surface area contributed by atoms with Crippen LogP contribution in [0.15, 0.2) is 0 Å². The number of rotatable bonds is 0. The quantitative estimate of drug-likeness (QED) is 0.412. The maximum absolute atomic E-state index is 0. The van der Waals surface area contributed by atoms with E-state index in [1.807, 2.05) is 0 Å². The first kappa shape index (κ1) is 108. The van der Waals surface area contributed by atoms with Crippen LogP contribution in [0.5, 0.6) is 0 Å². The van der Waals surface area contributed by atoms with Crippen molar-refractivity contribution in [3.05, 3.63) is 0 Å². The maximum Gasteiger partial charge on any atom is 1.00 e. The third kappa shape index (κ3) is 56.9. The minimum atomic E-state index is 0. The Morgan fingerprint density at radius 1 is 0.571 bits per heavy atom. The summed E-state index contributed by atoms with van der Waals surface area (Å²) in [6.45, 7) is 0. The van der Waals surface area contributed by atoms with Crippen molar-refractivity contribution in [2.45, 2.75) is 0 Å². The molecule has 6 N–H and O–H groups in total. The van der Waals surface area contributed by atoms with E-state index < -0.39 is 0 Å². The second-order valence-corrected chi connectivity index (χ2v) is 0. The van der Waals surface area contributed by atoms with Gasteiger partial charge in [0.25, 0.3) is 0 Å². The molecule has 0 aliphatic carbocycles. The zero-order valence-electron chi connectivity index (χ0n) is 4.30. The van der Waals surface area contributed by atoms with Crippen LogP contribution in [0.2, 0.25) is 0 Å². The average molecular weight is 300 g/mol.